The van der Waals surface area contributed by atoms with Gasteiger partial charge >= 0.3 is 12.1 Å². The number of carbonyl (C=O) groups is 1. The number of alkyl halides is 3. The summed E-state index contributed by atoms with van der Waals surface area (Å²) in [4.78, 5) is 18.9. The van der Waals surface area contributed by atoms with E-state index in [1.54, 1.807) is 0 Å². The third-order valence-corrected chi connectivity index (χ3v) is 1.80. The number of hydrogen-bond donors (Lipinski definition) is 0. The third-order valence-electron chi connectivity index (χ3n) is 1.51. The minimum atomic E-state index is -4.48. The van der Waals surface area contributed by atoms with Crippen molar-refractivity contribution in [3.8, 4) is 5.75 Å². The van der Waals surface area contributed by atoms with Crippen molar-refractivity contribution in [2.75, 3.05) is 0 Å². The fraction of sp³-hybridized carbons (Fsp3) is 0.222. The summed E-state index contributed by atoms with van der Waals surface area (Å²) in [5, 5.41) is -0.295. The van der Waals surface area contributed by atoms with E-state index in [4.69, 9.17) is 11.6 Å². The van der Waals surface area contributed by atoms with Crippen molar-refractivity contribution in [3.63, 3.8) is 0 Å². The molecule has 0 amide bonds. The van der Waals surface area contributed by atoms with Gasteiger partial charge in [0.2, 0.25) is 0 Å². The fourth-order valence-electron chi connectivity index (χ4n) is 0.848. The van der Waals surface area contributed by atoms with Gasteiger partial charge in [0.25, 0.3) is 0 Å². The number of carbonyl (C=O) groups excluding carboxylic acids is 1. The molecule has 0 aliphatic heterocycles. The fourth-order valence-corrected chi connectivity index (χ4v) is 1.06. The highest BCUT2D eigenvalue weighted by Crippen LogP contribution is 2.34. The van der Waals surface area contributed by atoms with Crippen LogP contribution in [-0.2, 0) is 15.9 Å². The zero-order valence-corrected chi connectivity index (χ0v) is 8.72. The molecule has 3 nitrogen and oxygen atoms in total. The minimum Gasteiger partial charge on any atom is -0.285 e. The second-order valence-corrected chi connectivity index (χ2v) is 3.21. The van der Waals surface area contributed by atoms with Gasteiger partial charge in [-0.25, -0.2) is 4.79 Å². The molecule has 0 unspecified atom stereocenters. The van der Waals surface area contributed by atoms with Gasteiger partial charge < -0.3 is 0 Å². The molecular formula is C9H6ClF3O3. The molecule has 0 atom stereocenters. The number of hydrogen-bond acceptors (Lipinski definition) is 3. The lowest BCUT2D eigenvalue weighted by molar-refractivity contribution is -0.210. The van der Waals surface area contributed by atoms with Crippen molar-refractivity contribution in [2.24, 2.45) is 0 Å². The smallest absolute Gasteiger partial charge is 0.285 e. The highest BCUT2D eigenvalue weighted by Gasteiger charge is 2.31. The molecule has 88 valence electrons. The molecule has 0 bridgehead atoms. The Bertz CT molecular complexity index is 403. The second-order valence-electron chi connectivity index (χ2n) is 2.80. The van der Waals surface area contributed by atoms with E-state index < -0.39 is 17.7 Å². The molecule has 0 saturated heterocycles. The van der Waals surface area contributed by atoms with Crippen molar-refractivity contribution in [2.45, 2.75) is 13.1 Å². The van der Waals surface area contributed by atoms with Crippen LogP contribution in [0.3, 0.4) is 0 Å². The molecule has 0 aliphatic rings. The summed E-state index contributed by atoms with van der Waals surface area (Å²) >= 11 is 5.50. The van der Waals surface area contributed by atoms with Gasteiger partial charge in [0.05, 0.1) is 10.6 Å². The van der Waals surface area contributed by atoms with Crippen LogP contribution >= 0.6 is 11.6 Å². The van der Waals surface area contributed by atoms with Crippen LogP contribution in [0.2, 0.25) is 5.02 Å². The van der Waals surface area contributed by atoms with E-state index in [1.807, 2.05) is 0 Å². The Kier molecular flexibility index (Phi) is 3.64. The molecule has 7 heteroatoms. The molecule has 0 heterocycles. The first kappa shape index (κ1) is 12.6. The lowest BCUT2D eigenvalue weighted by atomic mass is 10.2. The first-order valence-electron chi connectivity index (χ1n) is 4.02. The summed E-state index contributed by atoms with van der Waals surface area (Å²) in [6.07, 6.45) is -4.48. The van der Waals surface area contributed by atoms with Crippen LogP contribution in [0.1, 0.15) is 12.5 Å². The molecule has 0 N–H and O–H groups in total. The molecule has 0 aromatic heterocycles. The maximum atomic E-state index is 12.2. The van der Waals surface area contributed by atoms with E-state index in [9.17, 15) is 18.0 Å². The largest absolute Gasteiger partial charge is 0.416 e. The van der Waals surface area contributed by atoms with E-state index in [2.05, 4.69) is 9.78 Å². The normalized spacial score (nSPS) is 11.1. The summed E-state index contributed by atoms with van der Waals surface area (Å²) in [5.74, 6) is -0.902. The van der Waals surface area contributed by atoms with Gasteiger partial charge in [0, 0.05) is 6.92 Å². The summed E-state index contributed by atoms with van der Waals surface area (Å²) < 4.78 is 36.7. The van der Waals surface area contributed by atoms with Crippen molar-refractivity contribution in [3.05, 3.63) is 28.8 Å². The van der Waals surface area contributed by atoms with Gasteiger partial charge in [-0.15, -0.1) is 0 Å². The predicted octanol–water partition coefficient (Wildman–Crippen LogP) is 3.22. The Morgan fingerprint density at radius 2 is 2.00 bits per heavy atom. The summed E-state index contributed by atoms with van der Waals surface area (Å²) in [5.41, 5.74) is -0.910. The molecule has 1 rings (SSSR count). The van der Waals surface area contributed by atoms with Gasteiger partial charge in [-0.3, -0.25) is 9.78 Å². The van der Waals surface area contributed by atoms with Gasteiger partial charge in [-0.05, 0) is 18.2 Å². The van der Waals surface area contributed by atoms with Crippen LogP contribution in [0, 0.1) is 0 Å². The Morgan fingerprint density at radius 1 is 1.38 bits per heavy atom. The van der Waals surface area contributed by atoms with Crippen molar-refractivity contribution >= 4 is 17.6 Å². The molecule has 0 fully saturated rings. The second kappa shape index (κ2) is 4.61. The first-order valence-corrected chi connectivity index (χ1v) is 4.40. The minimum absolute atomic E-state index is 0.162. The van der Waals surface area contributed by atoms with Crippen LogP contribution in [0.4, 0.5) is 13.2 Å². The Labute approximate surface area is 93.6 Å². The van der Waals surface area contributed by atoms with Crippen molar-refractivity contribution in [1.82, 2.24) is 0 Å². The zero-order valence-electron chi connectivity index (χ0n) is 7.97. The van der Waals surface area contributed by atoms with Gasteiger partial charge in [0.1, 0.15) is 0 Å². The lowest BCUT2D eigenvalue weighted by Gasteiger charge is -2.09. The molecule has 16 heavy (non-hydrogen) atoms. The highest BCUT2D eigenvalue weighted by atomic mass is 35.5. The average molecular weight is 255 g/mol. The topological polar surface area (TPSA) is 35.5 Å². The summed E-state index contributed by atoms with van der Waals surface area (Å²) in [6.45, 7) is 1.08. The van der Waals surface area contributed by atoms with E-state index in [0.717, 1.165) is 19.1 Å². The van der Waals surface area contributed by atoms with E-state index in [-0.39, 0.29) is 10.8 Å². The molecule has 1 aromatic carbocycles. The molecule has 0 aliphatic carbocycles. The number of rotatable bonds is 2. The van der Waals surface area contributed by atoms with Crippen LogP contribution in [0.15, 0.2) is 18.2 Å². The Hall–Kier alpha value is -1.43. The zero-order chi connectivity index (χ0) is 12.3. The lowest BCUT2D eigenvalue weighted by Crippen LogP contribution is -2.06. The summed E-state index contributed by atoms with van der Waals surface area (Å²) in [6, 6.07) is 2.42. The predicted molar refractivity (Wildman–Crippen MR) is 48.8 cm³/mol. The molecular weight excluding hydrogens is 249 g/mol. The quantitative estimate of drug-likeness (QED) is 0.600. The van der Waals surface area contributed by atoms with E-state index >= 15 is 0 Å². The van der Waals surface area contributed by atoms with Crippen molar-refractivity contribution < 1.29 is 27.7 Å². The average Bonchev–Trinajstić information content (AvgIpc) is 2.14. The van der Waals surface area contributed by atoms with Gasteiger partial charge in [-0.1, -0.05) is 11.6 Å². The first-order chi connectivity index (χ1) is 7.30. The van der Waals surface area contributed by atoms with Crippen LogP contribution in [0.5, 0.6) is 5.75 Å². The van der Waals surface area contributed by atoms with Crippen LogP contribution < -0.4 is 4.89 Å². The van der Waals surface area contributed by atoms with E-state index in [0.29, 0.717) is 6.07 Å². The van der Waals surface area contributed by atoms with Crippen molar-refractivity contribution in [1.29, 1.82) is 0 Å². The number of benzene rings is 1. The van der Waals surface area contributed by atoms with E-state index in [1.165, 1.54) is 0 Å². The van der Waals surface area contributed by atoms with Gasteiger partial charge in [0.15, 0.2) is 5.75 Å². The maximum absolute atomic E-state index is 12.2. The standard InChI is InChI=1S/C9H6ClF3O3/c1-5(14)15-16-8-3-2-6(4-7(8)10)9(11,12)13/h2-4H,1H3. The number of halogens is 4. The Balaban J connectivity index is 2.88. The molecule has 1 aromatic rings. The Morgan fingerprint density at radius 3 is 2.44 bits per heavy atom. The SMILES string of the molecule is CC(=O)OOc1ccc(C(F)(F)F)cc1Cl. The molecule has 0 spiro atoms. The summed E-state index contributed by atoms with van der Waals surface area (Å²) in [7, 11) is 0. The third kappa shape index (κ3) is 3.30. The maximum Gasteiger partial charge on any atom is 0.416 e. The highest BCUT2D eigenvalue weighted by molar-refractivity contribution is 6.32. The molecule has 0 radical (unpaired) electrons. The van der Waals surface area contributed by atoms with Crippen LogP contribution in [0.25, 0.3) is 0 Å². The monoisotopic (exact) mass is 254 g/mol. The van der Waals surface area contributed by atoms with Crippen LogP contribution in [-0.4, -0.2) is 5.97 Å². The molecule has 0 saturated carbocycles. The van der Waals surface area contributed by atoms with Gasteiger partial charge in [-0.2, -0.15) is 13.2 Å².